The number of rotatable bonds is 3. The summed E-state index contributed by atoms with van der Waals surface area (Å²) in [6, 6.07) is 0.891. The molecule has 2 N–H and O–H groups in total. The highest BCUT2D eigenvalue weighted by molar-refractivity contribution is 5.01. The molecule has 3 fully saturated rings. The van der Waals surface area contributed by atoms with Gasteiger partial charge in [-0.05, 0) is 25.7 Å². The molecule has 2 saturated carbocycles. The molecule has 0 atom stereocenters. The van der Waals surface area contributed by atoms with E-state index in [1.54, 1.807) is 0 Å². The third-order valence-electron chi connectivity index (χ3n) is 5.18. The zero-order chi connectivity index (χ0) is 12.4. The molecule has 1 heterocycles. The van der Waals surface area contributed by atoms with E-state index in [0.717, 1.165) is 12.6 Å². The Morgan fingerprint density at radius 2 is 1.50 bits per heavy atom. The summed E-state index contributed by atoms with van der Waals surface area (Å²) >= 11 is 0. The van der Waals surface area contributed by atoms with Crippen LogP contribution in [-0.4, -0.2) is 54.1 Å². The van der Waals surface area contributed by atoms with Crippen molar-refractivity contribution in [2.45, 2.75) is 62.9 Å². The molecule has 1 aliphatic heterocycles. The van der Waals surface area contributed by atoms with Gasteiger partial charge in [0.1, 0.15) is 0 Å². The van der Waals surface area contributed by atoms with Crippen LogP contribution >= 0.6 is 0 Å². The number of nitrogens with zero attached hydrogens (tertiary/aromatic N) is 2. The summed E-state index contributed by atoms with van der Waals surface area (Å²) in [7, 11) is 0. The third kappa shape index (κ3) is 3.25. The maximum Gasteiger partial charge on any atom is 0.0284 e. The van der Waals surface area contributed by atoms with E-state index >= 15 is 0 Å². The molecular formula is C15H29N3. The largest absolute Gasteiger partial charge is 0.324 e. The SMILES string of the molecule is NC1(CN2CCN(C3CCCCCC3)CC2)CC1. The smallest absolute Gasteiger partial charge is 0.0284 e. The molecule has 0 unspecified atom stereocenters. The van der Waals surface area contributed by atoms with Gasteiger partial charge in [-0.25, -0.2) is 0 Å². The van der Waals surface area contributed by atoms with Crippen LogP contribution in [0.1, 0.15) is 51.4 Å². The predicted molar refractivity (Wildman–Crippen MR) is 75.7 cm³/mol. The average Bonchev–Trinajstić information content (AvgIpc) is 3.14. The Morgan fingerprint density at radius 3 is 2.06 bits per heavy atom. The summed E-state index contributed by atoms with van der Waals surface area (Å²) in [4.78, 5) is 5.36. The van der Waals surface area contributed by atoms with Crippen molar-refractivity contribution in [3.63, 3.8) is 0 Å². The van der Waals surface area contributed by atoms with Crippen LogP contribution in [0.5, 0.6) is 0 Å². The number of piperazine rings is 1. The molecule has 3 rings (SSSR count). The van der Waals surface area contributed by atoms with Crippen LogP contribution in [0, 0.1) is 0 Å². The molecule has 18 heavy (non-hydrogen) atoms. The van der Waals surface area contributed by atoms with E-state index in [9.17, 15) is 0 Å². The Bertz CT molecular complexity index is 259. The average molecular weight is 251 g/mol. The molecular weight excluding hydrogens is 222 g/mol. The fourth-order valence-corrected chi connectivity index (χ4v) is 3.67. The summed E-state index contributed by atoms with van der Waals surface area (Å²) in [5.74, 6) is 0. The molecule has 0 amide bonds. The first-order chi connectivity index (χ1) is 8.75. The summed E-state index contributed by atoms with van der Waals surface area (Å²) in [5, 5.41) is 0. The maximum atomic E-state index is 6.22. The highest BCUT2D eigenvalue weighted by Gasteiger charge is 2.40. The van der Waals surface area contributed by atoms with Gasteiger partial charge < -0.3 is 5.73 Å². The lowest BCUT2D eigenvalue weighted by molar-refractivity contribution is 0.0841. The lowest BCUT2D eigenvalue weighted by Crippen LogP contribution is -2.53. The predicted octanol–water partition coefficient (Wildman–Crippen LogP) is 1.82. The minimum atomic E-state index is 0.199. The van der Waals surface area contributed by atoms with Gasteiger partial charge >= 0.3 is 0 Å². The Kier molecular flexibility index (Phi) is 3.92. The third-order valence-corrected chi connectivity index (χ3v) is 5.18. The number of hydrogen-bond acceptors (Lipinski definition) is 3. The maximum absolute atomic E-state index is 6.22. The lowest BCUT2D eigenvalue weighted by Gasteiger charge is -2.40. The van der Waals surface area contributed by atoms with Crippen molar-refractivity contribution < 1.29 is 0 Å². The lowest BCUT2D eigenvalue weighted by atomic mass is 10.1. The van der Waals surface area contributed by atoms with Crippen molar-refractivity contribution in [3.05, 3.63) is 0 Å². The van der Waals surface area contributed by atoms with Crippen LogP contribution < -0.4 is 5.73 Å². The first-order valence-corrected chi connectivity index (χ1v) is 8.01. The van der Waals surface area contributed by atoms with Gasteiger partial charge in [0, 0.05) is 44.3 Å². The van der Waals surface area contributed by atoms with Crippen LogP contribution in [0.4, 0.5) is 0 Å². The van der Waals surface area contributed by atoms with Gasteiger partial charge in [0.05, 0.1) is 0 Å². The molecule has 3 nitrogen and oxygen atoms in total. The molecule has 0 aromatic heterocycles. The van der Waals surface area contributed by atoms with E-state index in [2.05, 4.69) is 9.80 Å². The van der Waals surface area contributed by atoms with Crippen LogP contribution in [0.15, 0.2) is 0 Å². The molecule has 104 valence electrons. The summed E-state index contributed by atoms with van der Waals surface area (Å²) < 4.78 is 0. The molecule has 0 radical (unpaired) electrons. The highest BCUT2D eigenvalue weighted by atomic mass is 15.3. The molecule has 0 spiro atoms. The highest BCUT2D eigenvalue weighted by Crippen LogP contribution is 2.33. The number of hydrogen-bond donors (Lipinski definition) is 1. The van der Waals surface area contributed by atoms with Crippen molar-refractivity contribution in [1.82, 2.24) is 9.80 Å². The van der Waals surface area contributed by atoms with E-state index in [-0.39, 0.29) is 5.54 Å². The van der Waals surface area contributed by atoms with E-state index in [1.807, 2.05) is 0 Å². The fraction of sp³-hybridized carbons (Fsp3) is 1.00. The Labute approximate surface area is 112 Å². The van der Waals surface area contributed by atoms with Gasteiger partial charge in [-0.15, -0.1) is 0 Å². The van der Waals surface area contributed by atoms with E-state index in [0.29, 0.717) is 0 Å². The summed E-state index contributed by atoms with van der Waals surface area (Å²) in [6.45, 7) is 6.19. The summed E-state index contributed by atoms with van der Waals surface area (Å²) in [6.07, 6.45) is 11.2. The molecule has 0 bridgehead atoms. The van der Waals surface area contributed by atoms with Crippen LogP contribution in [0.2, 0.25) is 0 Å². The van der Waals surface area contributed by atoms with Gasteiger partial charge in [0.15, 0.2) is 0 Å². The van der Waals surface area contributed by atoms with Crippen LogP contribution in [0.25, 0.3) is 0 Å². The van der Waals surface area contributed by atoms with Gasteiger partial charge in [0.2, 0.25) is 0 Å². The second-order valence-corrected chi connectivity index (χ2v) is 6.82. The minimum Gasteiger partial charge on any atom is -0.324 e. The molecule has 0 aromatic carbocycles. The van der Waals surface area contributed by atoms with Crippen molar-refractivity contribution in [3.8, 4) is 0 Å². The standard InChI is InChI=1S/C15H29N3/c16-15(7-8-15)13-17-9-11-18(12-10-17)14-5-3-1-2-4-6-14/h14H,1-13,16H2. The first kappa shape index (κ1) is 12.9. The van der Waals surface area contributed by atoms with E-state index < -0.39 is 0 Å². The minimum absolute atomic E-state index is 0.199. The molecule has 2 aliphatic carbocycles. The van der Waals surface area contributed by atoms with E-state index in [1.165, 1.54) is 77.5 Å². The van der Waals surface area contributed by atoms with Crippen molar-refractivity contribution in [2.24, 2.45) is 5.73 Å². The molecule has 0 aromatic rings. The van der Waals surface area contributed by atoms with Crippen molar-refractivity contribution in [1.29, 1.82) is 0 Å². The first-order valence-electron chi connectivity index (χ1n) is 8.01. The van der Waals surface area contributed by atoms with Gasteiger partial charge in [-0.1, -0.05) is 25.7 Å². The topological polar surface area (TPSA) is 32.5 Å². The summed E-state index contributed by atoms with van der Waals surface area (Å²) in [5.41, 5.74) is 6.42. The Morgan fingerprint density at radius 1 is 0.889 bits per heavy atom. The fourth-order valence-electron chi connectivity index (χ4n) is 3.67. The Balaban J connectivity index is 1.44. The van der Waals surface area contributed by atoms with Crippen molar-refractivity contribution in [2.75, 3.05) is 32.7 Å². The normalized spacial score (nSPS) is 31.2. The molecule has 1 saturated heterocycles. The van der Waals surface area contributed by atoms with Crippen LogP contribution in [-0.2, 0) is 0 Å². The van der Waals surface area contributed by atoms with Crippen molar-refractivity contribution >= 4 is 0 Å². The second kappa shape index (κ2) is 5.48. The van der Waals surface area contributed by atoms with E-state index in [4.69, 9.17) is 5.73 Å². The monoisotopic (exact) mass is 251 g/mol. The quantitative estimate of drug-likeness (QED) is 0.777. The van der Waals surface area contributed by atoms with Gasteiger partial charge in [0.25, 0.3) is 0 Å². The van der Waals surface area contributed by atoms with Gasteiger partial charge in [-0.3, -0.25) is 9.80 Å². The Hall–Kier alpha value is -0.120. The molecule has 3 aliphatic rings. The van der Waals surface area contributed by atoms with Gasteiger partial charge in [-0.2, -0.15) is 0 Å². The zero-order valence-electron chi connectivity index (χ0n) is 11.7. The number of nitrogens with two attached hydrogens (primary N) is 1. The zero-order valence-corrected chi connectivity index (χ0v) is 11.7. The second-order valence-electron chi connectivity index (χ2n) is 6.82. The van der Waals surface area contributed by atoms with Crippen LogP contribution in [0.3, 0.4) is 0 Å². The molecule has 3 heteroatoms.